The number of para-hydroxylation sites is 3. The van der Waals surface area contributed by atoms with E-state index in [1.165, 1.54) is 0 Å². The standard InChI is InChI=1S/C25H23N3O3/c1-29-17-9-6-8-16(14-17)20-15-22(18-10-7-13-23(30-2)24(18)31-3)28-21-12-5-4-11-19(21)26-25(28)27-20/h4-15,22H,1-3H3,(H,26,27)/t22-/m1/s1. The van der Waals surface area contributed by atoms with Gasteiger partial charge in [-0.25, -0.2) is 4.98 Å². The maximum atomic E-state index is 5.77. The lowest BCUT2D eigenvalue weighted by molar-refractivity contribution is 0.350. The molecule has 0 fully saturated rings. The van der Waals surface area contributed by atoms with Gasteiger partial charge in [-0.1, -0.05) is 36.4 Å². The molecule has 0 aliphatic carbocycles. The Morgan fingerprint density at radius 3 is 2.52 bits per heavy atom. The second-order valence-corrected chi connectivity index (χ2v) is 7.26. The van der Waals surface area contributed by atoms with Crippen molar-refractivity contribution in [2.75, 3.05) is 26.6 Å². The molecule has 6 heteroatoms. The summed E-state index contributed by atoms with van der Waals surface area (Å²) in [7, 11) is 4.99. The molecule has 0 radical (unpaired) electrons. The van der Waals surface area contributed by atoms with Gasteiger partial charge in [0.25, 0.3) is 0 Å². The molecule has 0 unspecified atom stereocenters. The fourth-order valence-electron chi connectivity index (χ4n) is 4.14. The Hall–Kier alpha value is -3.93. The highest BCUT2D eigenvalue weighted by Gasteiger charge is 2.28. The monoisotopic (exact) mass is 413 g/mol. The van der Waals surface area contributed by atoms with Crippen LogP contribution < -0.4 is 19.5 Å². The zero-order valence-corrected chi connectivity index (χ0v) is 17.6. The molecule has 6 nitrogen and oxygen atoms in total. The summed E-state index contributed by atoms with van der Waals surface area (Å²) in [6, 6.07) is 21.9. The number of allylic oxidation sites excluding steroid dienone is 1. The highest BCUT2D eigenvalue weighted by molar-refractivity contribution is 5.86. The normalized spacial score (nSPS) is 15.1. The molecule has 1 N–H and O–H groups in total. The van der Waals surface area contributed by atoms with Crippen molar-refractivity contribution in [1.29, 1.82) is 0 Å². The van der Waals surface area contributed by atoms with E-state index < -0.39 is 0 Å². The van der Waals surface area contributed by atoms with Crippen LogP contribution in [0.4, 0.5) is 5.95 Å². The predicted octanol–water partition coefficient (Wildman–Crippen LogP) is 5.12. The summed E-state index contributed by atoms with van der Waals surface area (Å²) in [5, 5.41) is 3.51. The van der Waals surface area contributed by atoms with E-state index in [0.29, 0.717) is 11.5 Å². The number of hydrogen-bond acceptors (Lipinski definition) is 5. The number of ether oxygens (including phenoxy) is 3. The fourth-order valence-corrected chi connectivity index (χ4v) is 4.14. The van der Waals surface area contributed by atoms with E-state index in [9.17, 15) is 0 Å². The Morgan fingerprint density at radius 1 is 0.871 bits per heavy atom. The number of imidazole rings is 1. The van der Waals surface area contributed by atoms with Crippen LogP contribution in [-0.4, -0.2) is 30.9 Å². The van der Waals surface area contributed by atoms with Crippen LogP contribution in [0.2, 0.25) is 0 Å². The number of benzene rings is 3. The second-order valence-electron chi connectivity index (χ2n) is 7.26. The van der Waals surface area contributed by atoms with E-state index in [4.69, 9.17) is 19.2 Å². The Balaban J connectivity index is 1.75. The zero-order valence-electron chi connectivity index (χ0n) is 17.6. The van der Waals surface area contributed by atoms with Gasteiger partial charge in [-0.2, -0.15) is 0 Å². The van der Waals surface area contributed by atoms with Gasteiger partial charge in [0.2, 0.25) is 5.95 Å². The fraction of sp³-hybridized carbons (Fsp3) is 0.160. The molecule has 0 spiro atoms. The molecule has 0 saturated carbocycles. The molecule has 1 aliphatic heterocycles. The molecule has 0 amide bonds. The van der Waals surface area contributed by atoms with Gasteiger partial charge in [-0.3, -0.25) is 4.57 Å². The lowest BCUT2D eigenvalue weighted by atomic mass is 9.99. The van der Waals surface area contributed by atoms with Crippen LogP contribution in [-0.2, 0) is 0 Å². The summed E-state index contributed by atoms with van der Waals surface area (Å²) in [4.78, 5) is 4.85. The molecule has 5 rings (SSSR count). The summed E-state index contributed by atoms with van der Waals surface area (Å²) in [5.41, 5.74) is 4.94. The van der Waals surface area contributed by atoms with Crippen molar-refractivity contribution >= 4 is 22.7 Å². The first kappa shape index (κ1) is 19.1. The number of aromatic nitrogens is 2. The van der Waals surface area contributed by atoms with Crippen LogP contribution in [0.3, 0.4) is 0 Å². The Kier molecular flexibility index (Phi) is 4.75. The maximum Gasteiger partial charge on any atom is 0.209 e. The van der Waals surface area contributed by atoms with E-state index in [1.54, 1.807) is 21.3 Å². The highest BCUT2D eigenvalue weighted by Crippen LogP contribution is 2.43. The van der Waals surface area contributed by atoms with E-state index in [-0.39, 0.29) is 6.04 Å². The lowest BCUT2D eigenvalue weighted by Crippen LogP contribution is -2.19. The van der Waals surface area contributed by atoms with Crippen LogP contribution in [0.15, 0.2) is 72.8 Å². The average Bonchev–Trinajstić information content (AvgIpc) is 3.21. The van der Waals surface area contributed by atoms with Gasteiger partial charge in [-0.15, -0.1) is 0 Å². The topological polar surface area (TPSA) is 57.5 Å². The first-order valence-electron chi connectivity index (χ1n) is 10.0. The van der Waals surface area contributed by atoms with Crippen molar-refractivity contribution in [2.45, 2.75) is 6.04 Å². The van der Waals surface area contributed by atoms with Crippen LogP contribution in [0.25, 0.3) is 16.7 Å². The molecular formula is C25H23N3O3. The minimum absolute atomic E-state index is 0.144. The van der Waals surface area contributed by atoms with Gasteiger partial charge in [-0.05, 0) is 36.4 Å². The number of rotatable bonds is 5. The van der Waals surface area contributed by atoms with Crippen LogP contribution >= 0.6 is 0 Å². The van der Waals surface area contributed by atoms with E-state index >= 15 is 0 Å². The second kappa shape index (κ2) is 7.72. The molecule has 3 aromatic carbocycles. The van der Waals surface area contributed by atoms with E-state index in [0.717, 1.165) is 39.6 Å². The third-order valence-electron chi connectivity index (χ3n) is 5.58. The van der Waals surface area contributed by atoms with Gasteiger partial charge in [0.05, 0.1) is 38.4 Å². The molecule has 1 aliphatic rings. The van der Waals surface area contributed by atoms with Crippen molar-refractivity contribution in [3.05, 3.63) is 83.9 Å². The van der Waals surface area contributed by atoms with Gasteiger partial charge in [0, 0.05) is 16.8 Å². The van der Waals surface area contributed by atoms with Crippen LogP contribution in [0.1, 0.15) is 17.2 Å². The van der Waals surface area contributed by atoms with Crippen molar-refractivity contribution < 1.29 is 14.2 Å². The number of methoxy groups -OCH3 is 3. The largest absolute Gasteiger partial charge is 0.497 e. The molecule has 31 heavy (non-hydrogen) atoms. The van der Waals surface area contributed by atoms with E-state index in [2.05, 4.69) is 34.2 Å². The summed E-state index contributed by atoms with van der Waals surface area (Å²) in [6.45, 7) is 0. The van der Waals surface area contributed by atoms with Crippen molar-refractivity contribution in [1.82, 2.24) is 9.55 Å². The smallest absolute Gasteiger partial charge is 0.209 e. The molecule has 0 bridgehead atoms. The third-order valence-corrected chi connectivity index (χ3v) is 5.58. The third kappa shape index (κ3) is 3.17. The first-order chi connectivity index (χ1) is 15.2. The highest BCUT2D eigenvalue weighted by atomic mass is 16.5. The van der Waals surface area contributed by atoms with Crippen LogP contribution in [0, 0.1) is 0 Å². The molecule has 4 aromatic rings. The van der Waals surface area contributed by atoms with Crippen molar-refractivity contribution in [2.24, 2.45) is 0 Å². The summed E-state index contributed by atoms with van der Waals surface area (Å²) < 4.78 is 19.0. The number of anilines is 1. The number of fused-ring (bicyclic) bond motifs is 3. The molecule has 156 valence electrons. The lowest BCUT2D eigenvalue weighted by Gasteiger charge is -2.28. The number of nitrogens with zero attached hydrogens (tertiary/aromatic N) is 2. The molecule has 1 atom stereocenters. The predicted molar refractivity (Wildman–Crippen MR) is 122 cm³/mol. The summed E-state index contributed by atoms with van der Waals surface area (Å²) in [6.07, 6.45) is 2.19. The quantitative estimate of drug-likeness (QED) is 0.492. The minimum atomic E-state index is -0.144. The van der Waals surface area contributed by atoms with Crippen LogP contribution in [0.5, 0.6) is 17.2 Å². The Bertz CT molecular complexity index is 1290. The molecule has 2 heterocycles. The van der Waals surface area contributed by atoms with E-state index in [1.807, 2.05) is 48.5 Å². The maximum absolute atomic E-state index is 5.77. The summed E-state index contributed by atoms with van der Waals surface area (Å²) in [5.74, 6) is 2.98. The van der Waals surface area contributed by atoms with Crippen molar-refractivity contribution in [3.63, 3.8) is 0 Å². The Morgan fingerprint density at radius 2 is 1.71 bits per heavy atom. The van der Waals surface area contributed by atoms with Gasteiger partial charge in [0.15, 0.2) is 11.5 Å². The van der Waals surface area contributed by atoms with Gasteiger partial charge < -0.3 is 19.5 Å². The van der Waals surface area contributed by atoms with Gasteiger partial charge in [0.1, 0.15) is 5.75 Å². The average molecular weight is 413 g/mol. The number of nitrogens with one attached hydrogen (secondary N) is 1. The number of hydrogen-bond donors (Lipinski definition) is 1. The SMILES string of the molecule is COc1cccc(C2=C[C@H](c3cccc(OC)c3OC)n3c(nc4ccccc43)N2)c1. The molecule has 0 saturated heterocycles. The summed E-state index contributed by atoms with van der Waals surface area (Å²) >= 11 is 0. The Labute approximate surface area is 180 Å². The molecular weight excluding hydrogens is 390 g/mol. The van der Waals surface area contributed by atoms with Gasteiger partial charge >= 0.3 is 0 Å². The zero-order chi connectivity index (χ0) is 21.4. The minimum Gasteiger partial charge on any atom is -0.497 e. The van der Waals surface area contributed by atoms with Crippen molar-refractivity contribution in [3.8, 4) is 17.2 Å². The molecule has 1 aromatic heterocycles. The first-order valence-corrected chi connectivity index (χ1v) is 10.0.